The van der Waals surface area contributed by atoms with Crippen LogP contribution in [0.5, 0.6) is 5.75 Å². The van der Waals surface area contributed by atoms with Crippen LogP contribution in [0.4, 0.5) is 0 Å². The molecule has 0 aliphatic carbocycles. The van der Waals surface area contributed by atoms with E-state index >= 15 is 0 Å². The molecule has 0 spiro atoms. The fraction of sp³-hybridized carbons (Fsp3) is 0.381. The molecule has 174 valence electrons. The summed E-state index contributed by atoms with van der Waals surface area (Å²) in [5.41, 5.74) is 0.625. The molecule has 0 amide bonds. The van der Waals surface area contributed by atoms with E-state index in [1.54, 1.807) is 19.1 Å². The van der Waals surface area contributed by atoms with Gasteiger partial charge in [0.15, 0.2) is 0 Å². The lowest BCUT2D eigenvalue weighted by Crippen LogP contribution is -2.29. The van der Waals surface area contributed by atoms with Crippen molar-refractivity contribution in [1.29, 1.82) is 0 Å². The number of aryl methyl sites for hydroxylation is 1. The molecule has 3 rings (SSSR count). The fourth-order valence-corrected chi connectivity index (χ4v) is 6.14. The number of nitrogens with one attached hydrogen (secondary N) is 1. The highest BCUT2D eigenvalue weighted by Crippen LogP contribution is 2.23. The molecule has 32 heavy (non-hydrogen) atoms. The lowest BCUT2D eigenvalue weighted by atomic mass is 10.1. The van der Waals surface area contributed by atoms with Crippen molar-refractivity contribution in [2.24, 2.45) is 0 Å². The molecule has 0 unspecified atom stereocenters. The minimum Gasteiger partial charge on any atom is -0.492 e. The molecule has 1 aliphatic heterocycles. The first-order chi connectivity index (χ1) is 15.1. The van der Waals surface area contributed by atoms with Gasteiger partial charge in [-0.3, -0.25) is 0 Å². The number of benzene rings is 2. The molecule has 0 saturated carbocycles. The molecule has 0 aromatic heterocycles. The molecule has 2 aromatic rings. The number of esters is 1. The van der Waals surface area contributed by atoms with Crippen molar-refractivity contribution in [3.8, 4) is 5.75 Å². The molecule has 0 bridgehead atoms. The van der Waals surface area contributed by atoms with Crippen molar-refractivity contribution in [3.63, 3.8) is 0 Å². The third-order valence-electron chi connectivity index (χ3n) is 5.09. The highest BCUT2D eigenvalue weighted by molar-refractivity contribution is 7.89. The Morgan fingerprint density at radius 3 is 2.31 bits per heavy atom. The van der Waals surface area contributed by atoms with Crippen LogP contribution in [0.25, 0.3) is 0 Å². The maximum atomic E-state index is 12.6. The molecule has 1 aliphatic rings. The number of rotatable bonds is 9. The summed E-state index contributed by atoms with van der Waals surface area (Å²) in [4.78, 5) is 11.9. The molecule has 1 N–H and O–H groups in total. The summed E-state index contributed by atoms with van der Waals surface area (Å²) >= 11 is 0. The Balaban J connectivity index is 1.57. The number of carbonyl (C=O) groups is 1. The summed E-state index contributed by atoms with van der Waals surface area (Å²) < 4.78 is 64.4. The number of methoxy groups -OCH3 is 1. The van der Waals surface area contributed by atoms with Crippen LogP contribution < -0.4 is 9.46 Å². The molecule has 1 fully saturated rings. The molecule has 1 saturated heterocycles. The van der Waals surface area contributed by atoms with Crippen molar-refractivity contribution >= 4 is 26.0 Å². The third-order valence-corrected chi connectivity index (χ3v) is 8.60. The van der Waals surface area contributed by atoms with Gasteiger partial charge >= 0.3 is 5.97 Å². The van der Waals surface area contributed by atoms with Crippen LogP contribution in [-0.2, 0) is 24.8 Å². The monoisotopic (exact) mass is 482 g/mol. The van der Waals surface area contributed by atoms with E-state index in [0.29, 0.717) is 24.4 Å². The lowest BCUT2D eigenvalue weighted by molar-refractivity contribution is 0.0600. The minimum atomic E-state index is -3.87. The van der Waals surface area contributed by atoms with E-state index in [-0.39, 0.29) is 28.5 Å². The second-order valence-corrected chi connectivity index (χ2v) is 11.0. The van der Waals surface area contributed by atoms with Crippen LogP contribution in [0, 0.1) is 6.92 Å². The van der Waals surface area contributed by atoms with Gasteiger partial charge in [0.1, 0.15) is 12.4 Å². The van der Waals surface area contributed by atoms with Crippen LogP contribution >= 0.6 is 0 Å². The Kier molecular flexibility index (Phi) is 7.55. The molecule has 1 heterocycles. The van der Waals surface area contributed by atoms with E-state index in [0.717, 1.165) is 12.8 Å². The Labute approximate surface area is 188 Å². The van der Waals surface area contributed by atoms with Gasteiger partial charge in [0.2, 0.25) is 20.0 Å². The van der Waals surface area contributed by atoms with Crippen molar-refractivity contribution in [2.45, 2.75) is 29.6 Å². The average molecular weight is 483 g/mol. The topological polar surface area (TPSA) is 119 Å². The van der Waals surface area contributed by atoms with Crippen molar-refractivity contribution < 1.29 is 31.1 Å². The van der Waals surface area contributed by atoms with Gasteiger partial charge in [-0.15, -0.1) is 0 Å². The summed E-state index contributed by atoms with van der Waals surface area (Å²) in [6.45, 7) is 2.71. The predicted molar refractivity (Wildman–Crippen MR) is 118 cm³/mol. The zero-order valence-corrected chi connectivity index (χ0v) is 19.5. The Morgan fingerprint density at radius 2 is 1.69 bits per heavy atom. The van der Waals surface area contributed by atoms with E-state index in [4.69, 9.17) is 4.74 Å². The summed E-state index contributed by atoms with van der Waals surface area (Å²) in [6, 6.07) is 10.3. The van der Waals surface area contributed by atoms with Crippen LogP contribution in [-0.4, -0.2) is 60.5 Å². The van der Waals surface area contributed by atoms with E-state index in [9.17, 15) is 21.6 Å². The third kappa shape index (κ3) is 5.47. The fourth-order valence-electron chi connectivity index (χ4n) is 3.34. The second kappa shape index (κ2) is 9.99. The van der Waals surface area contributed by atoms with Crippen molar-refractivity contribution in [2.75, 3.05) is 33.4 Å². The van der Waals surface area contributed by atoms with Gasteiger partial charge < -0.3 is 9.47 Å². The second-order valence-electron chi connectivity index (χ2n) is 7.30. The van der Waals surface area contributed by atoms with Gasteiger partial charge in [-0.1, -0.05) is 6.07 Å². The maximum Gasteiger partial charge on any atom is 0.337 e. The number of sulfonamides is 2. The number of carbonyl (C=O) groups excluding carboxylic acids is 1. The molecule has 11 heteroatoms. The maximum absolute atomic E-state index is 12.6. The Hall–Kier alpha value is -2.47. The molecular formula is C21H26N2O7S2. The first-order valence-corrected chi connectivity index (χ1v) is 13.0. The van der Waals surface area contributed by atoms with E-state index in [2.05, 4.69) is 9.46 Å². The minimum absolute atomic E-state index is 0.0158. The van der Waals surface area contributed by atoms with Crippen LogP contribution in [0.2, 0.25) is 0 Å². The summed E-state index contributed by atoms with van der Waals surface area (Å²) in [5, 5.41) is 0. The average Bonchev–Trinajstić information content (AvgIpc) is 3.33. The van der Waals surface area contributed by atoms with Gasteiger partial charge in [0.25, 0.3) is 0 Å². The summed E-state index contributed by atoms with van der Waals surface area (Å²) in [7, 11) is -6.14. The van der Waals surface area contributed by atoms with Gasteiger partial charge in [-0.25, -0.2) is 26.4 Å². The Morgan fingerprint density at radius 1 is 1.03 bits per heavy atom. The van der Waals surface area contributed by atoms with E-state index < -0.39 is 26.0 Å². The van der Waals surface area contributed by atoms with Gasteiger partial charge in [0, 0.05) is 19.6 Å². The van der Waals surface area contributed by atoms with Crippen molar-refractivity contribution in [3.05, 3.63) is 53.6 Å². The largest absolute Gasteiger partial charge is 0.492 e. The number of ether oxygens (including phenoxy) is 2. The van der Waals surface area contributed by atoms with Gasteiger partial charge in [-0.2, -0.15) is 4.31 Å². The highest BCUT2D eigenvalue weighted by Gasteiger charge is 2.27. The molecule has 0 radical (unpaired) electrons. The highest BCUT2D eigenvalue weighted by atomic mass is 32.2. The van der Waals surface area contributed by atoms with Crippen LogP contribution in [0.3, 0.4) is 0 Å². The number of hydrogen-bond donors (Lipinski definition) is 1. The molecular weight excluding hydrogens is 456 g/mol. The standard InChI is InChI=1S/C21H26N2O7S2/c1-16-5-6-17(21(24)29-2)15-20(16)31(25,26)22-11-14-30-18-7-9-19(10-8-18)32(27,28)23-12-3-4-13-23/h5-10,15,22H,3-4,11-14H2,1-2H3. The molecule has 9 nitrogen and oxygen atoms in total. The van der Waals surface area contributed by atoms with Crippen molar-refractivity contribution in [1.82, 2.24) is 9.03 Å². The smallest absolute Gasteiger partial charge is 0.337 e. The zero-order valence-electron chi connectivity index (χ0n) is 17.9. The quantitative estimate of drug-likeness (QED) is 0.428. The predicted octanol–water partition coefficient (Wildman–Crippen LogP) is 1.92. The SMILES string of the molecule is COC(=O)c1ccc(C)c(S(=O)(=O)NCCOc2ccc(S(=O)(=O)N3CCCC3)cc2)c1. The number of nitrogens with zero attached hydrogens (tertiary/aromatic N) is 1. The zero-order chi connectivity index (χ0) is 23.4. The first-order valence-electron chi connectivity index (χ1n) is 10.1. The van der Waals surface area contributed by atoms with E-state index in [1.807, 2.05) is 0 Å². The van der Waals surface area contributed by atoms with Crippen LogP contribution in [0.15, 0.2) is 52.3 Å². The Bertz CT molecular complexity index is 1170. The van der Waals surface area contributed by atoms with E-state index in [1.165, 1.54) is 41.7 Å². The summed E-state index contributed by atoms with van der Waals surface area (Å²) in [6.07, 6.45) is 1.73. The molecule has 2 aromatic carbocycles. The number of hydrogen-bond acceptors (Lipinski definition) is 7. The van der Waals surface area contributed by atoms with Gasteiger partial charge in [-0.05, 0) is 61.7 Å². The molecule has 0 atom stereocenters. The summed E-state index contributed by atoms with van der Waals surface area (Å²) in [5.74, 6) is -0.201. The first kappa shape index (κ1) is 24.2. The van der Waals surface area contributed by atoms with Gasteiger partial charge in [0.05, 0.1) is 22.5 Å². The normalized spacial score (nSPS) is 14.9. The lowest BCUT2D eigenvalue weighted by Gasteiger charge is -2.15. The van der Waals surface area contributed by atoms with Crippen LogP contribution in [0.1, 0.15) is 28.8 Å².